The van der Waals surface area contributed by atoms with E-state index in [2.05, 4.69) is 110 Å². The lowest BCUT2D eigenvalue weighted by molar-refractivity contribution is 0.679. The third kappa shape index (κ3) is 7.07. The summed E-state index contributed by atoms with van der Waals surface area (Å²) in [6.07, 6.45) is 5.20. The second kappa shape index (κ2) is 11.9. The van der Waals surface area contributed by atoms with Crippen molar-refractivity contribution in [3.05, 3.63) is 143 Å². The van der Waals surface area contributed by atoms with Crippen LogP contribution in [0.4, 0.5) is 0 Å². The zero-order valence-corrected chi connectivity index (χ0v) is 20.2. The molecule has 4 aromatic rings. The number of halogens is 1. The number of rotatable bonds is 10. The van der Waals surface area contributed by atoms with Crippen molar-refractivity contribution in [2.75, 3.05) is 0 Å². The predicted molar refractivity (Wildman–Crippen MR) is 142 cm³/mol. The summed E-state index contributed by atoms with van der Waals surface area (Å²) in [6.45, 7) is 2.33. The third-order valence-electron chi connectivity index (χ3n) is 6.47. The fourth-order valence-corrected chi connectivity index (χ4v) is 4.73. The van der Waals surface area contributed by atoms with Gasteiger partial charge in [-0.25, -0.2) is 0 Å². The Bertz CT molecular complexity index is 1030. The van der Waals surface area contributed by atoms with E-state index in [1.807, 2.05) is 6.07 Å². The van der Waals surface area contributed by atoms with Crippen LogP contribution in [-0.2, 0) is 19.3 Å². The molecule has 0 bridgehead atoms. The van der Waals surface area contributed by atoms with Gasteiger partial charge in [-0.2, -0.15) is 0 Å². The van der Waals surface area contributed by atoms with Gasteiger partial charge in [-0.1, -0.05) is 116 Å². The van der Waals surface area contributed by atoms with Crippen molar-refractivity contribution in [3.63, 3.8) is 0 Å². The summed E-state index contributed by atoms with van der Waals surface area (Å²) in [6, 6.07) is 39.3. The summed E-state index contributed by atoms with van der Waals surface area (Å²) < 4.78 is 0. The van der Waals surface area contributed by atoms with Crippen molar-refractivity contribution in [2.45, 2.75) is 50.3 Å². The van der Waals surface area contributed by atoms with Gasteiger partial charge in [0.2, 0.25) is 0 Å². The molecule has 0 aliphatic carbocycles. The van der Waals surface area contributed by atoms with Gasteiger partial charge in [0, 0.05) is 0 Å². The standard InChI is InChI=1S/C32H33Cl/c1-25(30-14-4-2-5-15-30)18-19-26-10-8-12-28(22-26)24-29-13-9-11-27(23-29)20-21-32(33)31-16-6-3-7-17-31/h2-17,22-23,25,32H,18-21,24H2,1H3. The van der Waals surface area contributed by atoms with Crippen LogP contribution in [0.2, 0.25) is 0 Å². The number of hydrogen-bond acceptors (Lipinski definition) is 0. The van der Waals surface area contributed by atoms with Crippen molar-refractivity contribution < 1.29 is 0 Å². The van der Waals surface area contributed by atoms with Crippen LogP contribution in [0.3, 0.4) is 0 Å². The van der Waals surface area contributed by atoms with E-state index < -0.39 is 0 Å². The van der Waals surface area contributed by atoms with Crippen LogP contribution in [-0.4, -0.2) is 0 Å². The molecule has 0 aromatic heterocycles. The average molecular weight is 453 g/mol. The lowest BCUT2D eigenvalue weighted by Gasteiger charge is -2.13. The van der Waals surface area contributed by atoms with Gasteiger partial charge in [0.05, 0.1) is 5.38 Å². The van der Waals surface area contributed by atoms with E-state index in [0.717, 1.165) is 25.7 Å². The Balaban J connectivity index is 1.33. The first-order valence-electron chi connectivity index (χ1n) is 12.1. The molecule has 0 aliphatic heterocycles. The molecule has 33 heavy (non-hydrogen) atoms. The molecule has 0 spiro atoms. The Morgan fingerprint density at radius 3 is 1.61 bits per heavy atom. The van der Waals surface area contributed by atoms with Crippen LogP contribution >= 0.6 is 11.6 Å². The van der Waals surface area contributed by atoms with Crippen LogP contribution in [0, 0.1) is 0 Å². The highest BCUT2D eigenvalue weighted by molar-refractivity contribution is 6.20. The lowest BCUT2D eigenvalue weighted by atomic mass is 9.93. The van der Waals surface area contributed by atoms with E-state index in [1.165, 1.54) is 39.8 Å². The van der Waals surface area contributed by atoms with Gasteiger partial charge in [0.25, 0.3) is 0 Å². The van der Waals surface area contributed by atoms with Crippen LogP contribution < -0.4 is 0 Å². The molecular formula is C32H33Cl. The first-order chi connectivity index (χ1) is 16.2. The summed E-state index contributed by atoms with van der Waals surface area (Å²) in [7, 11) is 0. The third-order valence-corrected chi connectivity index (χ3v) is 6.94. The molecular weight excluding hydrogens is 420 g/mol. The SMILES string of the molecule is CC(CCc1cccc(Cc2cccc(CCC(Cl)c3ccccc3)c2)c1)c1ccccc1. The van der Waals surface area contributed by atoms with Crippen molar-refractivity contribution in [1.82, 2.24) is 0 Å². The van der Waals surface area contributed by atoms with Gasteiger partial charge in [-0.15, -0.1) is 11.6 Å². The first kappa shape index (κ1) is 23.3. The number of aryl methyl sites for hydroxylation is 2. The van der Waals surface area contributed by atoms with Crippen LogP contribution in [0.5, 0.6) is 0 Å². The van der Waals surface area contributed by atoms with Gasteiger partial charge >= 0.3 is 0 Å². The molecule has 0 amide bonds. The fourth-order valence-electron chi connectivity index (χ4n) is 4.48. The Labute approximate surface area is 204 Å². The van der Waals surface area contributed by atoms with E-state index in [-0.39, 0.29) is 5.38 Å². The number of benzene rings is 4. The molecule has 168 valence electrons. The second-order valence-electron chi connectivity index (χ2n) is 9.08. The normalized spacial score (nSPS) is 12.9. The Morgan fingerprint density at radius 2 is 1.03 bits per heavy atom. The maximum Gasteiger partial charge on any atom is 0.0588 e. The lowest BCUT2D eigenvalue weighted by Crippen LogP contribution is -1.98. The van der Waals surface area contributed by atoms with E-state index >= 15 is 0 Å². The molecule has 4 aromatic carbocycles. The van der Waals surface area contributed by atoms with Crippen LogP contribution in [0.1, 0.15) is 64.4 Å². The van der Waals surface area contributed by atoms with Gasteiger partial charge < -0.3 is 0 Å². The minimum Gasteiger partial charge on any atom is -0.118 e. The molecule has 2 unspecified atom stereocenters. The molecule has 0 saturated heterocycles. The minimum atomic E-state index is 0.0600. The van der Waals surface area contributed by atoms with E-state index in [1.54, 1.807) is 0 Å². The van der Waals surface area contributed by atoms with Crippen LogP contribution in [0.15, 0.2) is 109 Å². The monoisotopic (exact) mass is 452 g/mol. The van der Waals surface area contributed by atoms with Crippen molar-refractivity contribution in [2.24, 2.45) is 0 Å². The van der Waals surface area contributed by atoms with E-state index in [0.29, 0.717) is 5.92 Å². The van der Waals surface area contributed by atoms with E-state index in [4.69, 9.17) is 11.6 Å². The molecule has 0 heterocycles. The maximum absolute atomic E-state index is 6.63. The number of hydrogen-bond donors (Lipinski definition) is 0. The molecule has 0 nitrogen and oxygen atoms in total. The average Bonchev–Trinajstić information content (AvgIpc) is 2.87. The topological polar surface area (TPSA) is 0 Å². The van der Waals surface area contributed by atoms with Crippen LogP contribution in [0.25, 0.3) is 0 Å². The Morgan fingerprint density at radius 1 is 0.545 bits per heavy atom. The summed E-state index contributed by atoms with van der Waals surface area (Å²) >= 11 is 6.63. The largest absolute Gasteiger partial charge is 0.118 e. The summed E-state index contributed by atoms with van der Waals surface area (Å²) in [4.78, 5) is 0. The molecule has 4 rings (SSSR count). The summed E-state index contributed by atoms with van der Waals surface area (Å²) in [5.41, 5.74) is 8.18. The summed E-state index contributed by atoms with van der Waals surface area (Å²) in [5, 5.41) is 0.0600. The van der Waals surface area contributed by atoms with E-state index in [9.17, 15) is 0 Å². The Hall–Kier alpha value is -2.83. The highest BCUT2D eigenvalue weighted by Gasteiger charge is 2.09. The highest BCUT2D eigenvalue weighted by Crippen LogP contribution is 2.26. The van der Waals surface area contributed by atoms with Crippen molar-refractivity contribution >= 4 is 11.6 Å². The van der Waals surface area contributed by atoms with Gasteiger partial charge in [-0.05, 0) is 71.4 Å². The summed E-state index contributed by atoms with van der Waals surface area (Å²) in [5.74, 6) is 0.577. The second-order valence-corrected chi connectivity index (χ2v) is 9.61. The number of alkyl halides is 1. The van der Waals surface area contributed by atoms with Gasteiger partial charge in [0.15, 0.2) is 0 Å². The molecule has 0 aliphatic rings. The zero-order valence-electron chi connectivity index (χ0n) is 19.5. The Kier molecular flexibility index (Phi) is 8.39. The minimum absolute atomic E-state index is 0.0600. The molecule has 2 atom stereocenters. The fraction of sp³-hybridized carbons (Fsp3) is 0.250. The van der Waals surface area contributed by atoms with Crippen molar-refractivity contribution in [1.29, 1.82) is 0 Å². The first-order valence-corrected chi connectivity index (χ1v) is 12.5. The predicted octanol–water partition coefficient (Wildman–Crippen LogP) is 8.93. The van der Waals surface area contributed by atoms with Gasteiger partial charge in [-0.3, -0.25) is 0 Å². The van der Waals surface area contributed by atoms with Crippen molar-refractivity contribution in [3.8, 4) is 0 Å². The molecule has 0 saturated carbocycles. The molecule has 0 radical (unpaired) electrons. The molecule has 1 heteroatoms. The quantitative estimate of drug-likeness (QED) is 0.210. The highest BCUT2D eigenvalue weighted by atomic mass is 35.5. The maximum atomic E-state index is 6.63. The smallest absolute Gasteiger partial charge is 0.0588 e. The van der Waals surface area contributed by atoms with Gasteiger partial charge in [0.1, 0.15) is 0 Å². The molecule has 0 fully saturated rings. The zero-order chi connectivity index (χ0) is 22.9. The molecule has 0 N–H and O–H groups in total.